The summed E-state index contributed by atoms with van der Waals surface area (Å²) >= 11 is 0. The minimum Gasteiger partial charge on any atom is -0.494 e. The minimum atomic E-state index is -1.43. The number of hydrogen-bond donors (Lipinski definition) is 2. The molecule has 2 N–H and O–H groups in total. The molecular weight excluding hydrogens is 378 g/mol. The second-order valence-corrected chi connectivity index (χ2v) is 7.89. The van der Waals surface area contributed by atoms with Gasteiger partial charge in [0.15, 0.2) is 5.60 Å². The molecule has 1 fully saturated rings. The van der Waals surface area contributed by atoms with Gasteiger partial charge in [0.05, 0.1) is 13.7 Å². The first-order valence-electron chi connectivity index (χ1n) is 9.76. The normalized spacial score (nSPS) is 20.1. The largest absolute Gasteiger partial charge is 0.494 e. The van der Waals surface area contributed by atoms with Crippen LogP contribution in [0.2, 0.25) is 0 Å². The van der Waals surface area contributed by atoms with Crippen LogP contribution in [0.5, 0.6) is 5.75 Å². The molecule has 0 radical (unpaired) electrons. The summed E-state index contributed by atoms with van der Waals surface area (Å²) in [5.74, 6) is -0.0382. The van der Waals surface area contributed by atoms with Crippen molar-refractivity contribution in [2.75, 3.05) is 20.3 Å². The number of hydrogen-bond acceptors (Lipinski definition) is 7. The molecule has 1 aromatic rings. The van der Waals surface area contributed by atoms with Crippen LogP contribution in [0.3, 0.4) is 0 Å². The van der Waals surface area contributed by atoms with E-state index in [1.807, 2.05) is 6.92 Å². The highest BCUT2D eigenvalue weighted by atomic mass is 16.6. The summed E-state index contributed by atoms with van der Waals surface area (Å²) in [7, 11) is 1.27. The second-order valence-electron chi connectivity index (χ2n) is 7.89. The van der Waals surface area contributed by atoms with E-state index in [1.54, 1.807) is 39.0 Å². The van der Waals surface area contributed by atoms with Crippen molar-refractivity contribution >= 4 is 12.1 Å². The van der Waals surface area contributed by atoms with Crippen molar-refractivity contribution in [1.29, 1.82) is 0 Å². The molecule has 0 aromatic heterocycles. The number of rotatable bonds is 7. The smallest absolute Gasteiger partial charge is 0.407 e. The van der Waals surface area contributed by atoms with Gasteiger partial charge in [-0.05, 0) is 58.2 Å². The average molecular weight is 409 g/mol. The number of aliphatic hydroxyl groups is 1. The Balaban J connectivity index is 2.26. The predicted molar refractivity (Wildman–Crippen MR) is 106 cm³/mol. The molecule has 1 aliphatic heterocycles. The monoisotopic (exact) mass is 409 g/mol. The third-order valence-corrected chi connectivity index (χ3v) is 4.55. The van der Waals surface area contributed by atoms with Gasteiger partial charge in [0, 0.05) is 18.7 Å². The zero-order chi connectivity index (χ0) is 21.7. The van der Waals surface area contributed by atoms with Gasteiger partial charge in [-0.25, -0.2) is 9.59 Å². The Labute approximate surface area is 171 Å². The quantitative estimate of drug-likeness (QED) is 0.668. The van der Waals surface area contributed by atoms with Crippen LogP contribution in [0.4, 0.5) is 4.79 Å². The summed E-state index contributed by atoms with van der Waals surface area (Å²) in [5.41, 5.74) is -0.927. The van der Waals surface area contributed by atoms with Crippen molar-refractivity contribution in [2.45, 2.75) is 64.4 Å². The molecule has 8 nitrogen and oxygen atoms in total. The maximum absolute atomic E-state index is 12.3. The molecule has 29 heavy (non-hydrogen) atoms. The molecule has 0 saturated carbocycles. The Morgan fingerprint density at radius 2 is 2.07 bits per heavy atom. The van der Waals surface area contributed by atoms with Gasteiger partial charge in [-0.2, -0.15) is 0 Å². The van der Waals surface area contributed by atoms with E-state index < -0.39 is 29.4 Å². The fourth-order valence-electron chi connectivity index (χ4n) is 3.28. The average Bonchev–Trinajstić information content (AvgIpc) is 3.16. The highest BCUT2D eigenvalue weighted by molar-refractivity contribution is 5.81. The number of alkyl carbamates (subject to hydrolysis) is 1. The number of aliphatic hydroxyl groups excluding tert-OH is 1. The number of carbonyl (C=O) groups excluding carboxylic acids is 2. The fraction of sp³-hybridized carbons (Fsp3) is 0.619. The van der Waals surface area contributed by atoms with Gasteiger partial charge in [-0.1, -0.05) is 6.07 Å². The van der Waals surface area contributed by atoms with E-state index in [0.717, 1.165) is 0 Å². The molecule has 1 aliphatic rings. The van der Waals surface area contributed by atoms with Crippen molar-refractivity contribution in [3.8, 4) is 5.75 Å². The van der Waals surface area contributed by atoms with Gasteiger partial charge < -0.3 is 29.4 Å². The molecule has 2 rings (SSSR count). The van der Waals surface area contributed by atoms with Gasteiger partial charge in [-0.15, -0.1) is 0 Å². The van der Waals surface area contributed by atoms with Crippen LogP contribution in [-0.2, 0) is 25.5 Å². The molecule has 0 aliphatic carbocycles. The van der Waals surface area contributed by atoms with E-state index in [2.05, 4.69) is 5.32 Å². The van der Waals surface area contributed by atoms with Crippen LogP contribution >= 0.6 is 0 Å². The Morgan fingerprint density at radius 1 is 1.34 bits per heavy atom. The molecule has 2 unspecified atom stereocenters. The number of esters is 1. The number of ether oxygens (including phenoxy) is 4. The van der Waals surface area contributed by atoms with E-state index in [-0.39, 0.29) is 6.54 Å². The van der Waals surface area contributed by atoms with Crippen molar-refractivity contribution < 1.29 is 33.6 Å². The lowest BCUT2D eigenvalue weighted by atomic mass is 9.87. The van der Waals surface area contributed by atoms with Crippen molar-refractivity contribution in [1.82, 2.24) is 5.32 Å². The third-order valence-electron chi connectivity index (χ3n) is 4.55. The van der Waals surface area contributed by atoms with Gasteiger partial charge in [0.25, 0.3) is 0 Å². The maximum atomic E-state index is 12.3. The van der Waals surface area contributed by atoms with E-state index in [9.17, 15) is 14.7 Å². The van der Waals surface area contributed by atoms with Crippen molar-refractivity contribution in [2.24, 2.45) is 0 Å². The summed E-state index contributed by atoms with van der Waals surface area (Å²) in [4.78, 5) is 24.4. The Morgan fingerprint density at radius 3 is 2.62 bits per heavy atom. The lowest BCUT2D eigenvalue weighted by molar-refractivity contribution is -0.178. The van der Waals surface area contributed by atoms with Crippen LogP contribution in [0, 0.1) is 0 Å². The topological polar surface area (TPSA) is 103 Å². The molecule has 2 atom stereocenters. The molecule has 1 amide bonds. The van der Waals surface area contributed by atoms with Crippen LogP contribution in [0.1, 0.15) is 57.8 Å². The van der Waals surface area contributed by atoms with E-state index >= 15 is 0 Å². The number of nitrogens with one attached hydrogen (secondary N) is 1. The Bertz CT molecular complexity index is 720. The fourth-order valence-corrected chi connectivity index (χ4v) is 3.28. The molecule has 1 aromatic carbocycles. The number of benzene rings is 1. The van der Waals surface area contributed by atoms with Crippen LogP contribution in [-0.4, -0.2) is 48.7 Å². The molecule has 0 spiro atoms. The number of carbonyl (C=O) groups is 2. The number of amides is 1. The van der Waals surface area contributed by atoms with Crippen LogP contribution in [0.25, 0.3) is 0 Å². The minimum absolute atomic E-state index is 0.136. The van der Waals surface area contributed by atoms with Crippen LogP contribution < -0.4 is 10.1 Å². The SMILES string of the molecule is CCOc1ccc(C(O)C2(C(=O)OC)CCCO2)cc1CNC(=O)OC(C)(C)C. The summed E-state index contributed by atoms with van der Waals surface area (Å²) < 4.78 is 21.4. The van der Waals surface area contributed by atoms with Gasteiger partial charge >= 0.3 is 12.1 Å². The van der Waals surface area contributed by atoms with Gasteiger partial charge in [0.1, 0.15) is 17.5 Å². The first kappa shape index (κ1) is 23.0. The molecule has 1 saturated heterocycles. The van der Waals surface area contributed by atoms with E-state index in [4.69, 9.17) is 18.9 Å². The summed E-state index contributed by atoms with van der Waals surface area (Å²) in [5, 5.41) is 13.7. The molecule has 0 bridgehead atoms. The molecular formula is C21H31NO7. The molecule has 8 heteroatoms. The lowest BCUT2D eigenvalue weighted by Crippen LogP contribution is -2.45. The Hall–Kier alpha value is -2.32. The zero-order valence-corrected chi connectivity index (χ0v) is 17.7. The van der Waals surface area contributed by atoms with E-state index in [0.29, 0.717) is 42.9 Å². The summed E-state index contributed by atoms with van der Waals surface area (Å²) in [6.07, 6.45) is -0.764. The summed E-state index contributed by atoms with van der Waals surface area (Å²) in [6.45, 7) is 8.14. The molecule has 1 heterocycles. The first-order valence-corrected chi connectivity index (χ1v) is 9.76. The van der Waals surface area contributed by atoms with Crippen LogP contribution in [0.15, 0.2) is 18.2 Å². The van der Waals surface area contributed by atoms with Gasteiger partial charge in [0.2, 0.25) is 0 Å². The predicted octanol–water partition coefficient (Wildman–Crippen LogP) is 2.87. The van der Waals surface area contributed by atoms with Crippen molar-refractivity contribution in [3.05, 3.63) is 29.3 Å². The third kappa shape index (κ3) is 5.61. The lowest BCUT2D eigenvalue weighted by Gasteiger charge is -2.31. The standard InChI is InChI=1S/C21H31NO7/c1-6-27-16-9-8-14(12-15(16)13-22-19(25)29-20(2,3)4)17(23)21(18(24)26-5)10-7-11-28-21/h8-9,12,17,23H,6-7,10-11,13H2,1-5H3,(H,22,25). The van der Waals surface area contributed by atoms with Crippen molar-refractivity contribution in [3.63, 3.8) is 0 Å². The highest BCUT2D eigenvalue weighted by Crippen LogP contribution is 2.40. The zero-order valence-electron chi connectivity index (χ0n) is 17.7. The van der Waals surface area contributed by atoms with Gasteiger partial charge in [-0.3, -0.25) is 0 Å². The second kappa shape index (κ2) is 9.45. The Kier molecular flexibility index (Phi) is 7.48. The van der Waals surface area contributed by atoms with E-state index in [1.165, 1.54) is 7.11 Å². The number of methoxy groups -OCH3 is 1. The maximum Gasteiger partial charge on any atom is 0.407 e. The molecule has 162 valence electrons. The highest BCUT2D eigenvalue weighted by Gasteiger charge is 2.50. The summed E-state index contributed by atoms with van der Waals surface area (Å²) in [6, 6.07) is 5.08. The first-order chi connectivity index (χ1) is 13.6.